The third kappa shape index (κ3) is 2.27. The summed E-state index contributed by atoms with van der Waals surface area (Å²) in [6.45, 7) is 2.07. The van der Waals surface area contributed by atoms with Crippen LogP contribution in [-0.2, 0) is 13.3 Å². The van der Waals surface area contributed by atoms with Gasteiger partial charge < -0.3 is 18.6 Å². The van der Waals surface area contributed by atoms with Crippen LogP contribution in [0.15, 0.2) is 0 Å². The third-order valence-electron chi connectivity index (χ3n) is 2.04. The Morgan fingerprint density at radius 2 is 1.58 bits per heavy atom. The molecular formula is C7H19NO3Si. The first-order valence-electron chi connectivity index (χ1n) is 4.03. The zero-order valence-electron chi connectivity index (χ0n) is 8.51. The van der Waals surface area contributed by atoms with Gasteiger partial charge in [0.1, 0.15) is 0 Å². The highest BCUT2D eigenvalue weighted by Gasteiger charge is 2.45. The van der Waals surface area contributed by atoms with Crippen LogP contribution in [0.3, 0.4) is 0 Å². The second-order valence-corrected chi connectivity index (χ2v) is 5.59. The van der Waals surface area contributed by atoms with Crippen molar-refractivity contribution in [2.24, 2.45) is 0 Å². The molecule has 0 aromatic heterocycles. The number of rotatable bonds is 6. The van der Waals surface area contributed by atoms with E-state index in [0.29, 0.717) is 0 Å². The minimum absolute atomic E-state index is 0.164. The molecule has 0 spiro atoms. The Kier molecular flexibility index (Phi) is 5.69. The van der Waals surface area contributed by atoms with Crippen molar-refractivity contribution in [1.82, 2.24) is 5.32 Å². The van der Waals surface area contributed by atoms with Gasteiger partial charge in [-0.05, 0) is 13.5 Å². The van der Waals surface area contributed by atoms with Crippen molar-refractivity contribution in [3.05, 3.63) is 0 Å². The van der Waals surface area contributed by atoms with E-state index in [2.05, 4.69) is 12.2 Å². The fourth-order valence-corrected chi connectivity index (χ4v) is 3.51. The average molecular weight is 193 g/mol. The van der Waals surface area contributed by atoms with E-state index in [4.69, 9.17) is 13.3 Å². The van der Waals surface area contributed by atoms with Gasteiger partial charge in [-0.2, -0.15) is 0 Å². The normalized spacial score (nSPS) is 14.8. The van der Waals surface area contributed by atoms with Crippen LogP contribution in [0, 0.1) is 0 Å². The largest absolute Gasteiger partial charge is 0.517 e. The van der Waals surface area contributed by atoms with E-state index in [1.54, 1.807) is 21.3 Å². The van der Waals surface area contributed by atoms with Gasteiger partial charge in [0.05, 0.1) is 5.67 Å². The first kappa shape index (κ1) is 12.1. The smallest absolute Gasteiger partial charge is 0.376 e. The maximum Gasteiger partial charge on any atom is 0.517 e. The molecule has 5 heteroatoms. The fourth-order valence-electron chi connectivity index (χ4n) is 1.31. The molecule has 0 saturated heterocycles. The summed E-state index contributed by atoms with van der Waals surface area (Å²) in [6.07, 6.45) is 0.929. The van der Waals surface area contributed by atoms with E-state index in [1.807, 2.05) is 7.05 Å². The van der Waals surface area contributed by atoms with Crippen LogP contribution in [-0.4, -0.2) is 42.8 Å². The number of hydrogen-bond acceptors (Lipinski definition) is 4. The van der Waals surface area contributed by atoms with E-state index in [1.165, 1.54) is 0 Å². The molecule has 0 amide bonds. The summed E-state index contributed by atoms with van der Waals surface area (Å²) in [5.41, 5.74) is 0.164. The van der Waals surface area contributed by atoms with E-state index in [-0.39, 0.29) is 5.67 Å². The molecule has 0 aliphatic rings. The molecule has 0 radical (unpaired) electrons. The van der Waals surface area contributed by atoms with E-state index in [0.717, 1.165) is 6.42 Å². The molecule has 0 rings (SSSR count). The van der Waals surface area contributed by atoms with Crippen LogP contribution < -0.4 is 5.32 Å². The lowest BCUT2D eigenvalue weighted by Crippen LogP contribution is -2.59. The quantitative estimate of drug-likeness (QED) is 0.620. The molecule has 12 heavy (non-hydrogen) atoms. The first-order chi connectivity index (χ1) is 5.70. The number of hydrogen-bond donors (Lipinski definition) is 1. The van der Waals surface area contributed by atoms with Gasteiger partial charge in [-0.25, -0.2) is 0 Å². The Balaban J connectivity index is 4.42. The molecule has 1 atom stereocenters. The van der Waals surface area contributed by atoms with Gasteiger partial charge in [-0.15, -0.1) is 0 Å². The van der Waals surface area contributed by atoms with Gasteiger partial charge in [0.25, 0.3) is 0 Å². The number of nitrogens with one attached hydrogen (secondary N) is 1. The molecule has 0 aromatic carbocycles. The van der Waals surface area contributed by atoms with E-state index >= 15 is 0 Å². The summed E-state index contributed by atoms with van der Waals surface area (Å²) in [5, 5.41) is 3.13. The zero-order valence-corrected chi connectivity index (χ0v) is 9.51. The van der Waals surface area contributed by atoms with Crippen molar-refractivity contribution < 1.29 is 13.3 Å². The van der Waals surface area contributed by atoms with Crippen LogP contribution in [0.5, 0.6) is 0 Å². The van der Waals surface area contributed by atoms with Crippen LogP contribution >= 0.6 is 0 Å². The predicted molar refractivity (Wildman–Crippen MR) is 49.9 cm³/mol. The Bertz CT molecular complexity index is 107. The summed E-state index contributed by atoms with van der Waals surface area (Å²) in [7, 11) is 4.30. The van der Waals surface area contributed by atoms with Crippen molar-refractivity contribution >= 4 is 8.80 Å². The second-order valence-electron chi connectivity index (χ2n) is 2.47. The molecule has 0 aliphatic heterocycles. The minimum atomic E-state index is -2.46. The van der Waals surface area contributed by atoms with Gasteiger partial charge in [0.2, 0.25) is 0 Å². The SMILES string of the molecule is CC[C@H](NC)[Si](OC)(OC)OC. The molecule has 0 fully saturated rings. The Morgan fingerprint density at radius 3 is 1.67 bits per heavy atom. The zero-order chi connectivity index (χ0) is 9.61. The van der Waals surface area contributed by atoms with Crippen molar-refractivity contribution in [3.63, 3.8) is 0 Å². The summed E-state index contributed by atoms with van der Waals surface area (Å²) in [6, 6.07) is 0. The van der Waals surface area contributed by atoms with Gasteiger partial charge in [-0.3, -0.25) is 0 Å². The molecule has 0 saturated carbocycles. The van der Waals surface area contributed by atoms with Crippen molar-refractivity contribution in [1.29, 1.82) is 0 Å². The van der Waals surface area contributed by atoms with E-state index in [9.17, 15) is 0 Å². The fraction of sp³-hybridized carbons (Fsp3) is 1.00. The summed E-state index contributed by atoms with van der Waals surface area (Å²) < 4.78 is 15.9. The van der Waals surface area contributed by atoms with Crippen molar-refractivity contribution in [2.75, 3.05) is 28.4 Å². The summed E-state index contributed by atoms with van der Waals surface area (Å²) >= 11 is 0. The first-order valence-corrected chi connectivity index (χ1v) is 5.83. The average Bonchev–Trinajstić information content (AvgIpc) is 2.14. The predicted octanol–water partition coefficient (Wildman–Crippen LogP) is 0.402. The van der Waals surface area contributed by atoms with Gasteiger partial charge in [0, 0.05) is 21.3 Å². The molecule has 74 valence electrons. The highest BCUT2D eigenvalue weighted by atomic mass is 28.4. The Morgan fingerprint density at radius 1 is 1.17 bits per heavy atom. The van der Waals surface area contributed by atoms with E-state index < -0.39 is 8.80 Å². The molecule has 4 nitrogen and oxygen atoms in total. The van der Waals surface area contributed by atoms with Crippen LogP contribution in [0.2, 0.25) is 0 Å². The van der Waals surface area contributed by atoms with Crippen LogP contribution in [0.25, 0.3) is 0 Å². The lowest BCUT2D eigenvalue weighted by atomic mass is 10.5. The topological polar surface area (TPSA) is 39.7 Å². The molecule has 0 unspecified atom stereocenters. The van der Waals surface area contributed by atoms with Crippen LogP contribution in [0.1, 0.15) is 13.3 Å². The van der Waals surface area contributed by atoms with Gasteiger partial charge in [0.15, 0.2) is 0 Å². The third-order valence-corrected chi connectivity index (χ3v) is 5.29. The van der Waals surface area contributed by atoms with Crippen molar-refractivity contribution in [2.45, 2.75) is 19.0 Å². The molecule has 1 N–H and O–H groups in total. The maximum atomic E-state index is 5.31. The Labute approximate surface area is 75.6 Å². The van der Waals surface area contributed by atoms with Gasteiger partial charge >= 0.3 is 8.80 Å². The molecule has 0 bridgehead atoms. The highest BCUT2D eigenvalue weighted by molar-refractivity contribution is 6.62. The lowest BCUT2D eigenvalue weighted by Gasteiger charge is -2.31. The lowest BCUT2D eigenvalue weighted by molar-refractivity contribution is 0.107. The summed E-state index contributed by atoms with van der Waals surface area (Å²) in [5.74, 6) is 0. The van der Waals surface area contributed by atoms with Crippen LogP contribution in [0.4, 0.5) is 0 Å². The maximum absolute atomic E-state index is 5.31. The second kappa shape index (κ2) is 5.66. The minimum Gasteiger partial charge on any atom is -0.376 e. The molecule has 0 aromatic rings. The standard InChI is InChI=1S/C7H19NO3Si/c1-6-7(8-2)12(9-3,10-4)11-5/h7-8H,6H2,1-5H3/t7-/m1/s1. The molecule has 0 aliphatic carbocycles. The monoisotopic (exact) mass is 193 g/mol. The summed E-state index contributed by atoms with van der Waals surface area (Å²) in [4.78, 5) is 0. The molecular weight excluding hydrogens is 174 g/mol. The molecule has 0 heterocycles. The van der Waals surface area contributed by atoms with Crippen molar-refractivity contribution in [3.8, 4) is 0 Å². The van der Waals surface area contributed by atoms with Gasteiger partial charge in [-0.1, -0.05) is 6.92 Å². The highest BCUT2D eigenvalue weighted by Crippen LogP contribution is 2.13. The Hall–Kier alpha value is 0.0569.